The summed E-state index contributed by atoms with van der Waals surface area (Å²) in [5.74, 6) is -3.43. The average Bonchev–Trinajstić information content (AvgIpc) is 2.87. The van der Waals surface area contributed by atoms with Crippen LogP contribution in [0.4, 0.5) is 22.0 Å². The van der Waals surface area contributed by atoms with Gasteiger partial charge in [0.2, 0.25) is 0 Å². The standard InChI is InChI=1S/C19H21F5N2O/c1-18(20,21)15-10-12(17(27)14-8-3-2-4-9-25-14)11-6-5-7-13(16(11)26-15)19(22,23)24/h5-7,10,14,17,25,27H,2-4,8-9H2,1H3. The predicted molar refractivity (Wildman–Crippen MR) is 91.5 cm³/mol. The van der Waals surface area contributed by atoms with Crippen LogP contribution in [0.1, 0.15) is 55.5 Å². The summed E-state index contributed by atoms with van der Waals surface area (Å²) in [6.45, 7) is 1.24. The topological polar surface area (TPSA) is 45.1 Å². The molecule has 1 aliphatic heterocycles. The van der Waals surface area contributed by atoms with Crippen molar-refractivity contribution in [2.45, 2.75) is 56.9 Å². The van der Waals surface area contributed by atoms with Crippen molar-refractivity contribution >= 4 is 10.9 Å². The highest BCUT2D eigenvalue weighted by Crippen LogP contribution is 2.39. The van der Waals surface area contributed by atoms with Crippen molar-refractivity contribution in [3.8, 4) is 0 Å². The summed E-state index contributed by atoms with van der Waals surface area (Å²) in [4.78, 5) is 3.62. The van der Waals surface area contributed by atoms with Gasteiger partial charge in [-0.05, 0) is 37.1 Å². The molecule has 0 spiro atoms. The molecule has 3 nitrogen and oxygen atoms in total. The Morgan fingerprint density at radius 3 is 2.56 bits per heavy atom. The quantitative estimate of drug-likeness (QED) is 0.733. The number of rotatable bonds is 3. The van der Waals surface area contributed by atoms with Crippen LogP contribution < -0.4 is 5.32 Å². The summed E-state index contributed by atoms with van der Waals surface area (Å²) >= 11 is 0. The lowest BCUT2D eigenvalue weighted by atomic mass is 9.93. The highest BCUT2D eigenvalue weighted by molar-refractivity contribution is 5.86. The number of aliphatic hydroxyl groups excluding tert-OH is 1. The number of fused-ring (bicyclic) bond motifs is 1. The van der Waals surface area contributed by atoms with E-state index in [9.17, 15) is 27.1 Å². The van der Waals surface area contributed by atoms with Crippen molar-refractivity contribution < 1.29 is 27.1 Å². The fourth-order valence-electron chi connectivity index (χ4n) is 3.51. The van der Waals surface area contributed by atoms with E-state index >= 15 is 0 Å². The zero-order valence-corrected chi connectivity index (χ0v) is 14.8. The van der Waals surface area contributed by atoms with Crippen LogP contribution in [0.15, 0.2) is 24.3 Å². The Balaban J connectivity index is 2.21. The van der Waals surface area contributed by atoms with Gasteiger partial charge in [0, 0.05) is 18.4 Å². The molecular formula is C19H21F5N2O. The van der Waals surface area contributed by atoms with E-state index in [4.69, 9.17) is 0 Å². The highest BCUT2D eigenvalue weighted by atomic mass is 19.4. The van der Waals surface area contributed by atoms with Gasteiger partial charge >= 0.3 is 6.18 Å². The molecule has 148 valence electrons. The van der Waals surface area contributed by atoms with E-state index in [0.717, 1.165) is 31.4 Å². The molecule has 2 unspecified atom stereocenters. The maximum Gasteiger partial charge on any atom is 0.418 e. The smallest absolute Gasteiger partial charge is 0.387 e. The van der Waals surface area contributed by atoms with Crippen LogP contribution >= 0.6 is 0 Å². The molecule has 0 amide bonds. The van der Waals surface area contributed by atoms with E-state index in [2.05, 4.69) is 10.3 Å². The Kier molecular flexibility index (Phi) is 5.40. The molecule has 2 aromatic rings. The van der Waals surface area contributed by atoms with E-state index < -0.39 is 41.0 Å². The number of hydrogen-bond donors (Lipinski definition) is 2. The van der Waals surface area contributed by atoms with Gasteiger partial charge in [-0.25, -0.2) is 4.98 Å². The minimum absolute atomic E-state index is 0.0383. The molecule has 0 bridgehead atoms. The van der Waals surface area contributed by atoms with Crippen LogP contribution in [0.5, 0.6) is 0 Å². The van der Waals surface area contributed by atoms with Gasteiger partial charge in [0.1, 0.15) is 5.69 Å². The summed E-state index contributed by atoms with van der Waals surface area (Å²) < 4.78 is 68.0. The minimum atomic E-state index is -4.74. The molecule has 2 N–H and O–H groups in total. The predicted octanol–water partition coefficient (Wildman–Crippen LogP) is 4.93. The zero-order chi connectivity index (χ0) is 19.8. The second-order valence-electron chi connectivity index (χ2n) is 7.04. The Morgan fingerprint density at radius 2 is 1.89 bits per heavy atom. The van der Waals surface area contributed by atoms with E-state index in [1.54, 1.807) is 0 Å². The Hall–Kier alpha value is -1.80. The van der Waals surface area contributed by atoms with Gasteiger partial charge in [-0.2, -0.15) is 22.0 Å². The number of benzene rings is 1. The van der Waals surface area contributed by atoms with Crippen molar-refractivity contribution in [2.24, 2.45) is 0 Å². The number of para-hydroxylation sites is 1. The second kappa shape index (κ2) is 7.31. The van der Waals surface area contributed by atoms with Crippen molar-refractivity contribution in [1.82, 2.24) is 10.3 Å². The second-order valence-corrected chi connectivity index (χ2v) is 7.04. The summed E-state index contributed by atoms with van der Waals surface area (Å²) in [6.07, 6.45) is -2.58. The number of nitrogens with zero attached hydrogens (tertiary/aromatic N) is 1. The largest absolute Gasteiger partial charge is 0.418 e. The number of pyridine rings is 1. The Morgan fingerprint density at radius 1 is 1.15 bits per heavy atom. The van der Waals surface area contributed by atoms with E-state index in [-0.39, 0.29) is 10.9 Å². The van der Waals surface area contributed by atoms with Gasteiger partial charge in [0.05, 0.1) is 17.2 Å². The van der Waals surface area contributed by atoms with Crippen molar-refractivity contribution in [2.75, 3.05) is 6.54 Å². The van der Waals surface area contributed by atoms with Gasteiger partial charge in [0.25, 0.3) is 5.92 Å². The lowest BCUT2D eigenvalue weighted by Crippen LogP contribution is -2.34. The molecule has 2 atom stereocenters. The van der Waals surface area contributed by atoms with E-state index in [1.807, 2.05) is 0 Å². The van der Waals surface area contributed by atoms with Crippen LogP contribution in [0.25, 0.3) is 10.9 Å². The van der Waals surface area contributed by atoms with Crippen molar-refractivity contribution in [3.63, 3.8) is 0 Å². The zero-order valence-electron chi connectivity index (χ0n) is 14.8. The summed E-state index contributed by atoms with van der Waals surface area (Å²) in [5, 5.41) is 14.0. The molecule has 8 heteroatoms. The average molecular weight is 388 g/mol. The SMILES string of the molecule is CC(F)(F)c1cc(C(O)C2CCCCCN2)c2cccc(C(F)(F)F)c2n1. The van der Waals surface area contributed by atoms with Gasteiger partial charge in [-0.1, -0.05) is 25.0 Å². The maximum atomic E-state index is 13.9. The third kappa shape index (κ3) is 4.21. The van der Waals surface area contributed by atoms with Gasteiger partial charge in [-0.3, -0.25) is 0 Å². The molecule has 1 aliphatic rings. The molecular weight excluding hydrogens is 367 g/mol. The first-order valence-corrected chi connectivity index (χ1v) is 8.89. The van der Waals surface area contributed by atoms with Crippen molar-refractivity contribution in [1.29, 1.82) is 0 Å². The van der Waals surface area contributed by atoms with Crippen LogP contribution in [-0.2, 0) is 12.1 Å². The third-order valence-corrected chi connectivity index (χ3v) is 4.92. The van der Waals surface area contributed by atoms with Crippen molar-refractivity contribution in [3.05, 3.63) is 41.1 Å². The van der Waals surface area contributed by atoms with E-state index in [0.29, 0.717) is 19.9 Å². The van der Waals surface area contributed by atoms with Gasteiger partial charge < -0.3 is 10.4 Å². The van der Waals surface area contributed by atoms with Crippen LogP contribution in [0.2, 0.25) is 0 Å². The highest BCUT2D eigenvalue weighted by Gasteiger charge is 2.36. The lowest BCUT2D eigenvalue weighted by molar-refractivity contribution is -0.136. The molecule has 0 saturated carbocycles. The molecule has 0 radical (unpaired) electrons. The number of alkyl halides is 5. The summed E-state index contributed by atoms with van der Waals surface area (Å²) in [7, 11) is 0. The molecule has 27 heavy (non-hydrogen) atoms. The number of aliphatic hydroxyl groups is 1. The number of halogens is 5. The molecule has 2 heterocycles. The van der Waals surface area contributed by atoms with Crippen LogP contribution in [0.3, 0.4) is 0 Å². The number of hydrogen-bond acceptors (Lipinski definition) is 3. The first kappa shape index (κ1) is 19.9. The summed E-state index contributed by atoms with van der Waals surface area (Å²) in [5.41, 5.74) is -2.39. The maximum absolute atomic E-state index is 13.9. The number of aromatic nitrogens is 1. The lowest BCUT2D eigenvalue weighted by Gasteiger charge is -2.25. The minimum Gasteiger partial charge on any atom is -0.387 e. The van der Waals surface area contributed by atoms with Gasteiger partial charge in [0.15, 0.2) is 0 Å². The number of nitrogens with one attached hydrogen (secondary N) is 1. The Bertz CT molecular complexity index is 808. The molecule has 1 fully saturated rings. The fraction of sp³-hybridized carbons (Fsp3) is 0.526. The molecule has 1 saturated heterocycles. The van der Waals surface area contributed by atoms with E-state index in [1.165, 1.54) is 12.1 Å². The summed E-state index contributed by atoms with van der Waals surface area (Å²) in [6, 6.07) is 4.01. The third-order valence-electron chi connectivity index (χ3n) is 4.92. The monoisotopic (exact) mass is 388 g/mol. The van der Waals surface area contributed by atoms with Gasteiger partial charge in [-0.15, -0.1) is 0 Å². The normalized spacial score (nSPS) is 20.5. The molecule has 1 aromatic heterocycles. The molecule has 1 aromatic carbocycles. The molecule has 0 aliphatic carbocycles. The van der Waals surface area contributed by atoms with Crippen LogP contribution in [-0.4, -0.2) is 22.7 Å². The molecule has 3 rings (SSSR count). The first-order valence-electron chi connectivity index (χ1n) is 8.89. The Labute approximate surface area is 153 Å². The first-order chi connectivity index (χ1) is 12.6. The van der Waals surface area contributed by atoms with Crippen LogP contribution in [0, 0.1) is 0 Å². The fourth-order valence-corrected chi connectivity index (χ4v) is 3.51.